The smallest absolute Gasteiger partial charge is 0.265 e. The zero-order chi connectivity index (χ0) is 16.1. The Morgan fingerprint density at radius 1 is 1.25 bits per heavy atom. The fourth-order valence-electron chi connectivity index (χ4n) is 2.05. The first-order valence-electron chi connectivity index (χ1n) is 7.51. The summed E-state index contributed by atoms with van der Waals surface area (Å²) in [5, 5.41) is 0.872. The number of nitrogens with two attached hydrogens (primary N) is 1. The number of nitrogens with zero attached hydrogens (tertiary/aromatic N) is 2. The van der Waals surface area contributed by atoms with E-state index in [2.05, 4.69) is 18.8 Å². The fourth-order valence-corrected chi connectivity index (χ4v) is 2.97. The molecule has 0 bridgehead atoms. The Kier molecular flexibility index (Phi) is 10.2. The third kappa shape index (κ3) is 6.06. The van der Waals surface area contributed by atoms with Gasteiger partial charge >= 0.3 is 0 Å². The van der Waals surface area contributed by atoms with Gasteiger partial charge in [-0.25, -0.2) is 4.98 Å². The number of aromatic nitrogens is 1. The van der Waals surface area contributed by atoms with Gasteiger partial charge in [0.15, 0.2) is 0 Å². The molecule has 1 heterocycles. The maximum atomic E-state index is 12.4. The van der Waals surface area contributed by atoms with Crippen LogP contribution in [0.2, 0.25) is 0 Å². The summed E-state index contributed by atoms with van der Waals surface area (Å²) in [7, 11) is 1.82. The van der Waals surface area contributed by atoms with E-state index in [4.69, 9.17) is 5.73 Å². The summed E-state index contributed by atoms with van der Waals surface area (Å²) >= 11 is 1.43. The highest BCUT2D eigenvalue weighted by Gasteiger charge is 2.17. The predicted molar refractivity (Wildman–Crippen MR) is 106 cm³/mol. The van der Waals surface area contributed by atoms with Crippen LogP contribution < -0.4 is 5.73 Å². The summed E-state index contributed by atoms with van der Waals surface area (Å²) in [4.78, 5) is 19.2. The van der Waals surface area contributed by atoms with Crippen LogP contribution in [0.5, 0.6) is 0 Å². The van der Waals surface area contributed by atoms with Crippen LogP contribution in [-0.2, 0) is 0 Å². The van der Waals surface area contributed by atoms with Crippen LogP contribution in [0, 0.1) is 5.92 Å². The van der Waals surface area contributed by atoms with Crippen LogP contribution in [0.3, 0.4) is 0 Å². The monoisotopic (exact) mass is 389 g/mol. The summed E-state index contributed by atoms with van der Waals surface area (Å²) in [6.07, 6.45) is 2.47. The van der Waals surface area contributed by atoms with Gasteiger partial charge in [-0.05, 0) is 12.3 Å². The summed E-state index contributed by atoms with van der Waals surface area (Å²) in [5.74, 6) is 0.437. The zero-order valence-corrected chi connectivity index (χ0v) is 16.6. The number of rotatable bonds is 6. The van der Waals surface area contributed by atoms with Gasteiger partial charge in [-0.15, -0.1) is 36.2 Å². The third-order valence-corrected chi connectivity index (χ3v) is 4.77. The van der Waals surface area contributed by atoms with Gasteiger partial charge in [0.1, 0.15) is 9.88 Å². The molecule has 1 atom stereocenters. The molecular weight excluding hydrogens is 365 g/mol. The zero-order valence-electron chi connectivity index (χ0n) is 14.1. The third-order valence-electron chi connectivity index (χ3n) is 3.74. The Hall–Kier alpha value is -1.14. The average Bonchev–Trinajstić information content (AvgIpc) is 3.02. The standard InChI is InChI=1S/C17H23N3OS.2ClH/c1-12(2)14(18)9-10-20(3)17(21)15-11-19-16(22-15)13-7-5-4-6-8-13;;/h4-8,11-12,14H,9-10,18H2,1-3H3;2*1H. The van der Waals surface area contributed by atoms with E-state index in [9.17, 15) is 4.79 Å². The Balaban J connectivity index is 0.00000264. The number of carbonyl (C=O) groups excluding carboxylic acids is 1. The van der Waals surface area contributed by atoms with Gasteiger partial charge in [-0.2, -0.15) is 0 Å². The van der Waals surface area contributed by atoms with E-state index >= 15 is 0 Å². The number of hydrogen-bond donors (Lipinski definition) is 1. The summed E-state index contributed by atoms with van der Waals surface area (Å²) in [5.41, 5.74) is 7.07. The summed E-state index contributed by atoms with van der Waals surface area (Å²) in [6.45, 7) is 4.86. The number of hydrogen-bond acceptors (Lipinski definition) is 4. The fraction of sp³-hybridized carbons (Fsp3) is 0.412. The minimum atomic E-state index is 0. The van der Waals surface area contributed by atoms with Crippen molar-refractivity contribution >= 4 is 42.1 Å². The molecular formula is C17H25Cl2N3OS. The molecule has 1 unspecified atom stereocenters. The highest BCUT2D eigenvalue weighted by Crippen LogP contribution is 2.25. The number of halogens is 2. The van der Waals surface area contributed by atoms with Crippen LogP contribution in [0.25, 0.3) is 10.6 Å². The molecule has 0 saturated heterocycles. The largest absolute Gasteiger partial charge is 0.341 e. The van der Waals surface area contributed by atoms with Gasteiger partial charge in [-0.3, -0.25) is 4.79 Å². The molecule has 0 aliphatic rings. The Morgan fingerprint density at radius 3 is 2.46 bits per heavy atom. The predicted octanol–water partition coefficient (Wildman–Crippen LogP) is 4.10. The van der Waals surface area contributed by atoms with Crippen molar-refractivity contribution in [3.05, 3.63) is 41.4 Å². The second-order valence-corrected chi connectivity index (χ2v) is 6.85. The molecule has 0 fully saturated rings. The second kappa shape index (κ2) is 10.7. The quantitative estimate of drug-likeness (QED) is 0.808. The van der Waals surface area contributed by atoms with E-state index in [-0.39, 0.29) is 36.8 Å². The maximum Gasteiger partial charge on any atom is 0.265 e. The van der Waals surface area contributed by atoms with Crippen molar-refractivity contribution in [1.82, 2.24) is 9.88 Å². The first-order chi connectivity index (χ1) is 10.5. The van der Waals surface area contributed by atoms with Gasteiger partial charge in [-0.1, -0.05) is 44.2 Å². The molecule has 0 aliphatic heterocycles. The highest BCUT2D eigenvalue weighted by atomic mass is 35.5. The van der Waals surface area contributed by atoms with E-state index in [1.165, 1.54) is 11.3 Å². The molecule has 7 heteroatoms. The first kappa shape index (κ1) is 22.9. The second-order valence-electron chi connectivity index (χ2n) is 5.82. The molecule has 24 heavy (non-hydrogen) atoms. The summed E-state index contributed by atoms with van der Waals surface area (Å²) in [6, 6.07) is 10.0. The molecule has 0 spiro atoms. The molecule has 134 valence electrons. The maximum absolute atomic E-state index is 12.4. The van der Waals surface area contributed by atoms with Crippen LogP contribution in [0.15, 0.2) is 36.5 Å². The summed E-state index contributed by atoms with van der Waals surface area (Å²) < 4.78 is 0. The van der Waals surface area contributed by atoms with Crippen molar-refractivity contribution in [2.24, 2.45) is 11.7 Å². The minimum Gasteiger partial charge on any atom is -0.341 e. The Bertz CT molecular complexity index is 619. The lowest BCUT2D eigenvalue weighted by Gasteiger charge is -2.20. The molecule has 0 radical (unpaired) electrons. The lowest BCUT2D eigenvalue weighted by atomic mass is 10.0. The number of benzene rings is 1. The molecule has 4 nitrogen and oxygen atoms in total. The SMILES string of the molecule is CC(C)C(N)CCN(C)C(=O)c1cnc(-c2ccccc2)s1.Cl.Cl. The number of thiazole rings is 1. The van der Waals surface area contributed by atoms with Crippen LogP contribution in [-0.4, -0.2) is 35.4 Å². The Morgan fingerprint density at radius 2 is 1.88 bits per heavy atom. The molecule has 1 aromatic carbocycles. The molecule has 2 rings (SSSR count). The van der Waals surface area contributed by atoms with Gasteiger partial charge in [0, 0.05) is 25.2 Å². The number of carbonyl (C=O) groups is 1. The van der Waals surface area contributed by atoms with Gasteiger partial charge in [0.05, 0.1) is 6.20 Å². The van der Waals surface area contributed by atoms with Crippen LogP contribution >= 0.6 is 36.2 Å². The van der Waals surface area contributed by atoms with Crippen LogP contribution in [0.1, 0.15) is 29.9 Å². The molecule has 0 saturated carbocycles. The number of amides is 1. The van der Waals surface area contributed by atoms with E-state index in [0.717, 1.165) is 17.0 Å². The molecule has 1 aromatic heterocycles. The van der Waals surface area contributed by atoms with Crippen molar-refractivity contribution in [2.45, 2.75) is 26.3 Å². The first-order valence-corrected chi connectivity index (χ1v) is 8.33. The molecule has 2 aromatic rings. The van der Waals surface area contributed by atoms with Gasteiger partial charge in [0.25, 0.3) is 5.91 Å². The lowest BCUT2D eigenvalue weighted by molar-refractivity contribution is 0.0793. The minimum absolute atomic E-state index is 0. The Labute approximate surface area is 160 Å². The average molecular weight is 390 g/mol. The van der Waals surface area contributed by atoms with Crippen molar-refractivity contribution in [2.75, 3.05) is 13.6 Å². The van der Waals surface area contributed by atoms with Crippen molar-refractivity contribution in [3.8, 4) is 10.6 Å². The van der Waals surface area contributed by atoms with Gasteiger partial charge < -0.3 is 10.6 Å². The van der Waals surface area contributed by atoms with Crippen molar-refractivity contribution in [3.63, 3.8) is 0 Å². The molecule has 2 N–H and O–H groups in total. The normalized spacial score (nSPS) is 11.4. The highest BCUT2D eigenvalue weighted by molar-refractivity contribution is 7.16. The van der Waals surface area contributed by atoms with E-state index in [1.54, 1.807) is 11.1 Å². The van der Waals surface area contributed by atoms with E-state index in [0.29, 0.717) is 17.3 Å². The van der Waals surface area contributed by atoms with E-state index in [1.807, 2.05) is 37.4 Å². The van der Waals surface area contributed by atoms with Gasteiger partial charge in [0.2, 0.25) is 0 Å². The van der Waals surface area contributed by atoms with Crippen molar-refractivity contribution in [1.29, 1.82) is 0 Å². The molecule has 0 aliphatic carbocycles. The van der Waals surface area contributed by atoms with Crippen molar-refractivity contribution < 1.29 is 4.79 Å². The lowest BCUT2D eigenvalue weighted by Crippen LogP contribution is -2.34. The van der Waals surface area contributed by atoms with Crippen LogP contribution in [0.4, 0.5) is 0 Å². The topological polar surface area (TPSA) is 59.2 Å². The van der Waals surface area contributed by atoms with E-state index < -0.39 is 0 Å². The molecule has 1 amide bonds.